The van der Waals surface area contributed by atoms with E-state index >= 15 is 0 Å². The van der Waals surface area contributed by atoms with Crippen LogP contribution in [-0.2, 0) is 16.3 Å². The van der Waals surface area contributed by atoms with Crippen LogP contribution in [0, 0.1) is 5.92 Å². The third kappa shape index (κ3) is 5.49. The van der Waals surface area contributed by atoms with Crippen molar-refractivity contribution < 1.29 is 17.9 Å². The van der Waals surface area contributed by atoms with Crippen molar-refractivity contribution >= 4 is 6.21 Å². The van der Waals surface area contributed by atoms with Gasteiger partial charge in [-0.15, -0.1) is 0 Å². The summed E-state index contributed by atoms with van der Waals surface area (Å²) >= 11 is 0. The Bertz CT molecular complexity index is 763. The van der Waals surface area contributed by atoms with E-state index < -0.39 is 11.7 Å². The number of ether oxygens (including phenoxy) is 1. The molecule has 154 valence electrons. The Hall–Kier alpha value is -2.04. The molecule has 0 heterocycles. The fourth-order valence-corrected chi connectivity index (χ4v) is 3.39. The van der Waals surface area contributed by atoms with E-state index in [1.165, 1.54) is 12.1 Å². The lowest BCUT2D eigenvalue weighted by Gasteiger charge is -2.21. The standard InChI is InChI=1S/C23H30F3NO/c1-6-7-9-17(4)21(14-27-16(2)3)28-15-22(13-18(22)5)19-10-8-11-20(12-19)23(24,25)26/h8,10-12,14,18H,2,6-7,9,13,15H2,1,3-5H3/b21-17+,27-14?. The van der Waals surface area contributed by atoms with Gasteiger partial charge in [0.15, 0.2) is 0 Å². The van der Waals surface area contributed by atoms with E-state index in [9.17, 15) is 13.2 Å². The molecule has 1 aromatic carbocycles. The maximum atomic E-state index is 13.1. The number of hydrogen-bond donors (Lipinski definition) is 0. The average molecular weight is 393 g/mol. The molecule has 0 radical (unpaired) electrons. The smallest absolute Gasteiger partial charge is 0.416 e. The van der Waals surface area contributed by atoms with Gasteiger partial charge >= 0.3 is 6.18 Å². The Kier molecular flexibility index (Phi) is 7.13. The van der Waals surface area contributed by atoms with E-state index in [1.54, 1.807) is 12.3 Å². The summed E-state index contributed by atoms with van der Waals surface area (Å²) < 4.78 is 45.5. The van der Waals surface area contributed by atoms with Crippen LogP contribution in [0.25, 0.3) is 0 Å². The molecule has 5 heteroatoms. The maximum Gasteiger partial charge on any atom is 0.416 e. The lowest BCUT2D eigenvalue weighted by atomic mass is 9.92. The number of rotatable bonds is 9. The van der Waals surface area contributed by atoms with E-state index in [0.717, 1.165) is 37.3 Å². The Balaban J connectivity index is 2.24. The number of unbranched alkanes of at least 4 members (excludes halogenated alkanes) is 1. The number of allylic oxidation sites excluding steroid dienone is 3. The van der Waals surface area contributed by atoms with Gasteiger partial charge in [-0.3, -0.25) is 4.99 Å². The van der Waals surface area contributed by atoms with Crippen molar-refractivity contribution in [2.45, 2.75) is 65.0 Å². The molecular formula is C23H30F3NO. The van der Waals surface area contributed by atoms with Crippen LogP contribution in [0.5, 0.6) is 0 Å². The third-order valence-electron chi connectivity index (χ3n) is 5.43. The first-order valence-electron chi connectivity index (χ1n) is 9.80. The highest BCUT2D eigenvalue weighted by Gasteiger charge is 2.53. The second-order valence-electron chi connectivity index (χ2n) is 7.87. The average Bonchev–Trinajstić information content (AvgIpc) is 3.30. The summed E-state index contributed by atoms with van der Waals surface area (Å²) in [6.07, 6.45) is 1.18. The minimum Gasteiger partial charge on any atom is -0.491 e. The first-order chi connectivity index (χ1) is 13.1. The highest BCUT2D eigenvalue weighted by Crippen LogP contribution is 2.55. The first kappa shape index (κ1) is 22.3. The summed E-state index contributed by atoms with van der Waals surface area (Å²) in [5, 5.41) is 0. The number of hydrogen-bond acceptors (Lipinski definition) is 2. The minimum absolute atomic E-state index is 0.270. The molecule has 0 bridgehead atoms. The summed E-state index contributed by atoms with van der Waals surface area (Å²) in [5.74, 6) is 0.966. The van der Waals surface area contributed by atoms with Gasteiger partial charge in [0, 0.05) is 11.1 Å². The molecule has 1 aromatic rings. The molecule has 2 atom stereocenters. The van der Waals surface area contributed by atoms with Crippen molar-refractivity contribution in [3.8, 4) is 0 Å². The molecule has 0 N–H and O–H groups in total. The van der Waals surface area contributed by atoms with Gasteiger partial charge in [-0.2, -0.15) is 13.2 Å². The van der Waals surface area contributed by atoms with Crippen LogP contribution in [0.4, 0.5) is 13.2 Å². The Labute approximate surface area is 166 Å². The van der Waals surface area contributed by atoms with Gasteiger partial charge in [0.2, 0.25) is 0 Å². The lowest BCUT2D eigenvalue weighted by Crippen LogP contribution is -2.19. The van der Waals surface area contributed by atoms with Crippen LogP contribution in [0.2, 0.25) is 0 Å². The molecule has 1 aliphatic carbocycles. The maximum absolute atomic E-state index is 13.1. The van der Waals surface area contributed by atoms with Gasteiger partial charge in [0.05, 0.1) is 18.4 Å². The monoisotopic (exact) mass is 393 g/mol. The van der Waals surface area contributed by atoms with Crippen molar-refractivity contribution in [1.82, 2.24) is 0 Å². The van der Waals surface area contributed by atoms with E-state index in [4.69, 9.17) is 4.74 Å². The number of nitrogens with zero attached hydrogens (tertiary/aromatic N) is 1. The summed E-state index contributed by atoms with van der Waals surface area (Å²) in [4.78, 5) is 4.26. The first-order valence-corrected chi connectivity index (χ1v) is 9.80. The van der Waals surface area contributed by atoms with Gasteiger partial charge in [0.1, 0.15) is 5.76 Å². The highest BCUT2D eigenvalue weighted by atomic mass is 19.4. The Morgan fingerprint density at radius 3 is 2.57 bits per heavy atom. The zero-order valence-corrected chi connectivity index (χ0v) is 17.2. The van der Waals surface area contributed by atoms with Crippen molar-refractivity contribution in [2.24, 2.45) is 10.9 Å². The van der Waals surface area contributed by atoms with Gasteiger partial charge in [-0.1, -0.05) is 45.0 Å². The predicted octanol–water partition coefficient (Wildman–Crippen LogP) is 7.07. The van der Waals surface area contributed by atoms with E-state index in [-0.39, 0.29) is 11.3 Å². The van der Waals surface area contributed by atoms with Gasteiger partial charge in [-0.05, 0) is 56.2 Å². The molecule has 0 spiro atoms. The number of alkyl halides is 3. The van der Waals surface area contributed by atoms with Crippen molar-refractivity contribution in [3.05, 3.63) is 59.0 Å². The molecule has 0 amide bonds. The zero-order valence-electron chi connectivity index (χ0n) is 17.2. The quantitative estimate of drug-likeness (QED) is 0.325. The molecule has 1 fully saturated rings. The van der Waals surface area contributed by atoms with Crippen molar-refractivity contribution in [2.75, 3.05) is 6.61 Å². The summed E-state index contributed by atoms with van der Waals surface area (Å²) in [6, 6.07) is 5.64. The fourth-order valence-electron chi connectivity index (χ4n) is 3.39. The third-order valence-corrected chi connectivity index (χ3v) is 5.43. The zero-order chi connectivity index (χ0) is 20.9. The molecule has 2 unspecified atom stereocenters. The fraction of sp³-hybridized carbons (Fsp3) is 0.522. The SMILES string of the molecule is C=C(C)N=C/C(OCC1(c2cccc(C(F)(F)F)c2)CC1C)=C(/C)CCCC. The normalized spacial score (nSPS) is 22.9. The van der Waals surface area contributed by atoms with Crippen LogP contribution in [0.1, 0.15) is 64.5 Å². The Morgan fingerprint density at radius 2 is 2.04 bits per heavy atom. The molecule has 0 aromatic heterocycles. The van der Waals surface area contributed by atoms with Gasteiger partial charge < -0.3 is 4.74 Å². The highest BCUT2D eigenvalue weighted by molar-refractivity contribution is 5.77. The summed E-state index contributed by atoms with van der Waals surface area (Å²) in [6.45, 7) is 12.1. The minimum atomic E-state index is -4.34. The van der Waals surface area contributed by atoms with Gasteiger partial charge in [0.25, 0.3) is 0 Å². The molecular weight excluding hydrogens is 363 g/mol. The largest absolute Gasteiger partial charge is 0.491 e. The van der Waals surface area contributed by atoms with E-state index in [1.807, 2.05) is 13.8 Å². The van der Waals surface area contributed by atoms with Crippen LogP contribution >= 0.6 is 0 Å². The van der Waals surface area contributed by atoms with Crippen LogP contribution in [0.3, 0.4) is 0 Å². The molecule has 28 heavy (non-hydrogen) atoms. The van der Waals surface area contributed by atoms with Crippen molar-refractivity contribution in [3.63, 3.8) is 0 Å². The Morgan fingerprint density at radius 1 is 1.36 bits per heavy atom. The second-order valence-corrected chi connectivity index (χ2v) is 7.87. The van der Waals surface area contributed by atoms with E-state index in [0.29, 0.717) is 23.6 Å². The van der Waals surface area contributed by atoms with Crippen LogP contribution in [-0.4, -0.2) is 12.8 Å². The molecule has 0 aliphatic heterocycles. The lowest BCUT2D eigenvalue weighted by molar-refractivity contribution is -0.137. The molecule has 0 saturated heterocycles. The second kappa shape index (κ2) is 8.97. The molecule has 1 saturated carbocycles. The molecule has 2 nitrogen and oxygen atoms in total. The van der Waals surface area contributed by atoms with E-state index in [2.05, 4.69) is 25.4 Å². The van der Waals surface area contributed by atoms with Crippen LogP contribution in [0.15, 0.2) is 52.9 Å². The van der Waals surface area contributed by atoms with Crippen LogP contribution < -0.4 is 0 Å². The number of halogens is 3. The predicted molar refractivity (Wildman–Crippen MR) is 108 cm³/mol. The summed E-state index contributed by atoms with van der Waals surface area (Å²) in [5.41, 5.74) is 1.48. The molecule has 1 aliphatic rings. The summed E-state index contributed by atoms with van der Waals surface area (Å²) in [7, 11) is 0. The number of aliphatic imine (C=N–C) groups is 1. The van der Waals surface area contributed by atoms with Crippen molar-refractivity contribution in [1.29, 1.82) is 0 Å². The topological polar surface area (TPSA) is 21.6 Å². The number of benzene rings is 1. The molecule has 2 rings (SSSR count). The van der Waals surface area contributed by atoms with Gasteiger partial charge in [-0.25, -0.2) is 0 Å².